The molecule has 0 aliphatic heterocycles. The first-order valence-electron chi connectivity index (χ1n) is 5.24. The Morgan fingerprint density at radius 1 is 1.56 bits per heavy atom. The van der Waals surface area contributed by atoms with Gasteiger partial charge in [0.05, 0.1) is 5.56 Å². The summed E-state index contributed by atoms with van der Waals surface area (Å²) in [6, 6.07) is 5.57. The Morgan fingerprint density at radius 2 is 2.28 bits per heavy atom. The summed E-state index contributed by atoms with van der Waals surface area (Å²) in [5.74, 6) is 0.0274. The molecular formula is C11H13BrIN3O2. The van der Waals surface area contributed by atoms with Gasteiger partial charge in [-0.05, 0) is 63.1 Å². The third kappa shape index (κ3) is 4.81. The van der Waals surface area contributed by atoms with Crippen LogP contribution in [0.2, 0.25) is 0 Å². The largest absolute Gasteiger partial charge is 0.409 e. The quantitative estimate of drug-likeness (QED) is 0.169. The van der Waals surface area contributed by atoms with Gasteiger partial charge in [-0.15, -0.1) is 0 Å². The minimum Gasteiger partial charge on any atom is -0.409 e. The molecule has 0 spiro atoms. The van der Waals surface area contributed by atoms with Crippen LogP contribution in [0.5, 0.6) is 0 Å². The number of amides is 1. The molecule has 0 aliphatic rings. The van der Waals surface area contributed by atoms with E-state index in [1.165, 1.54) is 0 Å². The number of carbonyl (C=O) groups excluding carboxylic acids is 1. The fourth-order valence-corrected chi connectivity index (χ4v) is 2.21. The normalized spacial score (nSPS) is 11.3. The maximum absolute atomic E-state index is 11.9. The molecule has 0 bridgehead atoms. The van der Waals surface area contributed by atoms with Crippen LogP contribution in [0.1, 0.15) is 23.2 Å². The Morgan fingerprint density at radius 3 is 2.94 bits per heavy atom. The zero-order valence-electron chi connectivity index (χ0n) is 9.49. The second-order valence-corrected chi connectivity index (χ2v) is 5.67. The van der Waals surface area contributed by atoms with Gasteiger partial charge >= 0.3 is 0 Å². The van der Waals surface area contributed by atoms with Gasteiger partial charge in [0.1, 0.15) is 5.84 Å². The molecule has 0 aliphatic carbocycles. The van der Waals surface area contributed by atoms with Gasteiger partial charge in [0.25, 0.3) is 5.91 Å². The van der Waals surface area contributed by atoms with E-state index in [1.807, 2.05) is 18.2 Å². The Bertz CT molecular complexity index is 466. The van der Waals surface area contributed by atoms with E-state index in [4.69, 9.17) is 10.9 Å². The summed E-state index contributed by atoms with van der Waals surface area (Å²) in [7, 11) is 0. The maximum Gasteiger partial charge on any atom is 0.252 e. The van der Waals surface area contributed by atoms with E-state index >= 15 is 0 Å². The van der Waals surface area contributed by atoms with E-state index in [0.29, 0.717) is 24.9 Å². The minimum absolute atomic E-state index is 0.139. The molecule has 0 unspecified atom stereocenters. The Labute approximate surface area is 127 Å². The number of nitrogens with zero attached hydrogens (tertiary/aromatic N) is 1. The number of carbonyl (C=O) groups is 1. The average molecular weight is 426 g/mol. The maximum atomic E-state index is 11.9. The topological polar surface area (TPSA) is 87.7 Å². The molecule has 98 valence electrons. The number of rotatable bonds is 5. The van der Waals surface area contributed by atoms with Crippen LogP contribution in [-0.4, -0.2) is 23.5 Å². The zero-order valence-corrected chi connectivity index (χ0v) is 13.2. The number of halogens is 2. The number of hydrogen-bond acceptors (Lipinski definition) is 3. The van der Waals surface area contributed by atoms with Crippen molar-refractivity contribution in [3.8, 4) is 0 Å². The molecule has 7 heteroatoms. The van der Waals surface area contributed by atoms with Crippen molar-refractivity contribution < 1.29 is 10.0 Å². The van der Waals surface area contributed by atoms with Crippen molar-refractivity contribution in [1.82, 2.24) is 5.32 Å². The number of nitrogens with one attached hydrogen (secondary N) is 1. The number of hydrogen-bond donors (Lipinski definition) is 3. The summed E-state index contributed by atoms with van der Waals surface area (Å²) >= 11 is 5.49. The lowest BCUT2D eigenvalue weighted by molar-refractivity contribution is 0.0952. The fraction of sp³-hybridized carbons (Fsp3) is 0.273. The lowest BCUT2D eigenvalue weighted by atomic mass is 10.2. The molecule has 1 aromatic rings. The SMILES string of the molecule is N/C(CCCNC(=O)c1cc(I)ccc1Br)=N/O. The average Bonchev–Trinajstić information content (AvgIpc) is 2.36. The zero-order chi connectivity index (χ0) is 13.5. The summed E-state index contributed by atoms with van der Waals surface area (Å²) < 4.78 is 1.76. The van der Waals surface area contributed by atoms with Gasteiger partial charge in [-0.25, -0.2) is 0 Å². The van der Waals surface area contributed by atoms with Crippen LogP contribution in [-0.2, 0) is 0 Å². The molecule has 5 nitrogen and oxygen atoms in total. The predicted molar refractivity (Wildman–Crippen MR) is 81.8 cm³/mol. The Balaban J connectivity index is 2.48. The highest BCUT2D eigenvalue weighted by Crippen LogP contribution is 2.19. The second-order valence-electron chi connectivity index (χ2n) is 3.57. The van der Waals surface area contributed by atoms with Crippen molar-refractivity contribution in [3.63, 3.8) is 0 Å². The highest BCUT2D eigenvalue weighted by Gasteiger charge is 2.09. The molecule has 4 N–H and O–H groups in total. The molecule has 1 rings (SSSR count). The predicted octanol–water partition coefficient (Wildman–Crippen LogP) is 2.31. The van der Waals surface area contributed by atoms with Crippen molar-refractivity contribution in [2.75, 3.05) is 6.54 Å². The lowest BCUT2D eigenvalue weighted by Crippen LogP contribution is -2.26. The van der Waals surface area contributed by atoms with Gasteiger partial charge < -0.3 is 16.3 Å². The smallest absolute Gasteiger partial charge is 0.252 e. The van der Waals surface area contributed by atoms with Crippen LogP contribution in [0.15, 0.2) is 27.8 Å². The molecule has 0 saturated heterocycles. The van der Waals surface area contributed by atoms with E-state index in [1.54, 1.807) is 0 Å². The van der Waals surface area contributed by atoms with E-state index < -0.39 is 0 Å². The fourth-order valence-electron chi connectivity index (χ4n) is 1.29. The van der Waals surface area contributed by atoms with Crippen LogP contribution in [0.25, 0.3) is 0 Å². The molecule has 1 amide bonds. The van der Waals surface area contributed by atoms with Gasteiger partial charge in [0.2, 0.25) is 0 Å². The van der Waals surface area contributed by atoms with E-state index in [9.17, 15) is 4.79 Å². The van der Waals surface area contributed by atoms with Gasteiger partial charge in [0, 0.05) is 21.0 Å². The molecule has 0 aromatic heterocycles. The molecule has 0 heterocycles. The van der Waals surface area contributed by atoms with Crippen molar-refractivity contribution in [3.05, 3.63) is 31.8 Å². The molecule has 0 radical (unpaired) electrons. The molecule has 18 heavy (non-hydrogen) atoms. The van der Waals surface area contributed by atoms with Crippen molar-refractivity contribution in [2.45, 2.75) is 12.8 Å². The van der Waals surface area contributed by atoms with Crippen LogP contribution in [0, 0.1) is 3.57 Å². The van der Waals surface area contributed by atoms with Crippen molar-refractivity contribution in [2.24, 2.45) is 10.9 Å². The van der Waals surface area contributed by atoms with Crippen LogP contribution >= 0.6 is 38.5 Å². The summed E-state index contributed by atoms with van der Waals surface area (Å²) in [6.45, 7) is 0.479. The number of amidine groups is 1. The highest BCUT2D eigenvalue weighted by molar-refractivity contribution is 14.1. The van der Waals surface area contributed by atoms with Gasteiger partial charge in [0.15, 0.2) is 0 Å². The summed E-state index contributed by atoms with van der Waals surface area (Å²) in [4.78, 5) is 11.9. The van der Waals surface area contributed by atoms with Gasteiger partial charge in [-0.3, -0.25) is 4.79 Å². The highest BCUT2D eigenvalue weighted by atomic mass is 127. The van der Waals surface area contributed by atoms with Crippen LogP contribution in [0.3, 0.4) is 0 Å². The third-order valence-corrected chi connectivity index (χ3v) is 3.56. The first-order chi connectivity index (χ1) is 8.54. The summed E-state index contributed by atoms with van der Waals surface area (Å²) in [5.41, 5.74) is 5.93. The van der Waals surface area contributed by atoms with E-state index in [2.05, 4.69) is 49.0 Å². The first kappa shape index (κ1) is 15.2. The summed E-state index contributed by atoms with van der Waals surface area (Å²) in [6.07, 6.45) is 1.08. The third-order valence-electron chi connectivity index (χ3n) is 2.20. The number of oxime groups is 1. The van der Waals surface area contributed by atoms with E-state index in [0.717, 1.165) is 8.04 Å². The number of nitrogens with two attached hydrogens (primary N) is 1. The Kier molecular flexibility index (Phi) is 6.41. The molecule has 1 aromatic carbocycles. The monoisotopic (exact) mass is 425 g/mol. The molecule has 0 fully saturated rings. The Hall–Kier alpha value is -0.830. The van der Waals surface area contributed by atoms with Crippen molar-refractivity contribution in [1.29, 1.82) is 0 Å². The second kappa shape index (κ2) is 7.57. The molecule has 0 saturated carbocycles. The molecule has 0 atom stereocenters. The number of benzene rings is 1. The van der Waals surface area contributed by atoms with E-state index in [-0.39, 0.29) is 11.7 Å². The van der Waals surface area contributed by atoms with Crippen molar-refractivity contribution >= 4 is 50.3 Å². The first-order valence-corrected chi connectivity index (χ1v) is 7.11. The minimum atomic E-state index is -0.139. The van der Waals surface area contributed by atoms with Crippen LogP contribution in [0.4, 0.5) is 0 Å². The summed E-state index contributed by atoms with van der Waals surface area (Å²) in [5, 5.41) is 14.0. The van der Waals surface area contributed by atoms with Gasteiger partial charge in [-0.1, -0.05) is 5.16 Å². The lowest BCUT2D eigenvalue weighted by Gasteiger charge is -2.07. The standard InChI is InChI=1S/C11H13BrIN3O2/c12-9-4-3-7(13)6-8(9)11(17)15-5-1-2-10(14)16-18/h3-4,6,18H,1-2,5H2,(H2,14,16)(H,15,17). The van der Waals surface area contributed by atoms with Crippen LogP contribution < -0.4 is 11.1 Å². The molecular weight excluding hydrogens is 413 g/mol. The van der Waals surface area contributed by atoms with Gasteiger partial charge in [-0.2, -0.15) is 0 Å².